The van der Waals surface area contributed by atoms with E-state index in [1.165, 1.54) is 6.07 Å². The number of piperidine rings is 1. The lowest BCUT2D eigenvalue weighted by molar-refractivity contribution is -0.384. The number of hydrogen-bond donors (Lipinski definition) is 2. The largest absolute Gasteiger partial charge is 0.380 e. The van der Waals surface area contributed by atoms with Crippen molar-refractivity contribution < 1.29 is 9.66 Å². The Bertz CT molecular complexity index is 481. The molecule has 7 heteroatoms. The van der Waals surface area contributed by atoms with Gasteiger partial charge in [-0.05, 0) is 24.9 Å². The summed E-state index contributed by atoms with van der Waals surface area (Å²) < 4.78 is 5.39. The molecule has 1 saturated heterocycles. The van der Waals surface area contributed by atoms with Gasteiger partial charge >= 0.3 is 0 Å². The van der Waals surface area contributed by atoms with Crippen molar-refractivity contribution >= 4 is 11.4 Å². The van der Waals surface area contributed by atoms with Crippen LogP contribution in [0.2, 0.25) is 0 Å². The number of nitrogen functional groups attached to an aromatic ring is 1. The lowest BCUT2D eigenvalue weighted by Gasteiger charge is -2.32. The Labute approximate surface area is 117 Å². The standard InChI is InChI=1S/C13H20N4O3/c1-20-11-5-3-7-16(9-11)8-10-4-2-6-12(17(18)19)13(10)15-14/h2,4,6,11,15H,3,5,7-9,14H2,1H3. The van der Waals surface area contributed by atoms with Crippen LogP contribution in [-0.2, 0) is 11.3 Å². The van der Waals surface area contributed by atoms with Crippen molar-refractivity contribution in [3.8, 4) is 0 Å². The molecule has 1 aliphatic rings. The first-order chi connectivity index (χ1) is 9.65. The molecule has 3 N–H and O–H groups in total. The molecule has 0 amide bonds. The fraction of sp³-hybridized carbons (Fsp3) is 0.538. The van der Waals surface area contributed by atoms with Gasteiger partial charge in [-0.25, -0.2) is 0 Å². The van der Waals surface area contributed by atoms with Crippen LogP contribution in [0.4, 0.5) is 11.4 Å². The number of methoxy groups -OCH3 is 1. The molecule has 0 aliphatic carbocycles. The van der Waals surface area contributed by atoms with Crippen LogP contribution in [0.25, 0.3) is 0 Å². The van der Waals surface area contributed by atoms with Crippen LogP contribution in [0.5, 0.6) is 0 Å². The maximum atomic E-state index is 11.0. The maximum absolute atomic E-state index is 11.0. The highest BCUT2D eigenvalue weighted by atomic mass is 16.6. The predicted octanol–water partition coefficient (Wildman–Crippen LogP) is 1.49. The number of ether oxygens (including phenoxy) is 1. The molecule has 1 aromatic carbocycles. The van der Waals surface area contributed by atoms with Crippen LogP contribution in [0.3, 0.4) is 0 Å². The number of anilines is 1. The fourth-order valence-electron chi connectivity index (χ4n) is 2.63. The van der Waals surface area contributed by atoms with Crippen molar-refractivity contribution in [1.29, 1.82) is 0 Å². The topological polar surface area (TPSA) is 93.7 Å². The molecule has 1 atom stereocenters. The van der Waals surface area contributed by atoms with Gasteiger partial charge in [-0.2, -0.15) is 0 Å². The van der Waals surface area contributed by atoms with Crippen LogP contribution in [0, 0.1) is 10.1 Å². The number of nitrogens with zero attached hydrogens (tertiary/aromatic N) is 2. The Morgan fingerprint density at radius 1 is 1.60 bits per heavy atom. The van der Waals surface area contributed by atoms with E-state index in [-0.39, 0.29) is 11.8 Å². The number of nitrogens with two attached hydrogens (primary N) is 1. The molecule has 1 heterocycles. The minimum atomic E-state index is -0.424. The van der Waals surface area contributed by atoms with Crippen LogP contribution < -0.4 is 11.3 Å². The number of nitro groups is 1. The third kappa shape index (κ3) is 3.24. The van der Waals surface area contributed by atoms with Crippen LogP contribution >= 0.6 is 0 Å². The van der Waals surface area contributed by atoms with Gasteiger partial charge in [0, 0.05) is 26.3 Å². The summed E-state index contributed by atoms with van der Waals surface area (Å²) in [6.45, 7) is 2.43. The number of hydrazine groups is 1. The molecule has 110 valence electrons. The Balaban J connectivity index is 2.16. The fourth-order valence-corrected chi connectivity index (χ4v) is 2.63. The first-order valence-corrected chi connectivity index (χ1v) is 6.63. The van der Waals surface area contributed by atoms with Crippen LogP contribution in [0.1, 0.15) is 18.4 Å². The van der Waals surface area contributed by atoms with Crippen molar-refractivity contribution in [2.45, 2.75) is 25.5 Å². The van der Waals surface area contributed by atoms with E-state index in [0.717, 1.165) is 31.5 Å². The zero-order valence-corrected chi connectivity index (χ0v) is 11.5. The normalized spacial score (nSPS) is 19.8. The Hall–Kier alpha value is -1.70. The first-order valence-electron chi connectivity index (χ1n) is 6.63. The molecule has 0 saturated carbocycles. The molecular formula is C13H20N4O3. The van der Waals surface area contributed by atoms with E-state index in [1.54, 1.807) is 13.2 Å². The molecule has 2 rings (SSSR count). The molecule has 1 unspecified atom stereocenters. The van der Waals surface area contributed by atoms with Crippen molar-refractivity contribution in [1.82, 2.24) is 4.90 Å². The molecular weight excluding hydrogens is 260 g/mol. The lowest BCUT2D eigenvalue weighted by atomic mass is 10.1. The van der Waals surface area contributed by atoms with Gasteiger partial charge in [0.05, 0.1) is 11.0 Å². The summed E-state index contributed by atoms with van der Waals surface area (Å²) >= 11 is 0. The molecule has 1 aromatic rings. The number of hydrogen-bond acceptors (Lipinski definition) is 6. The van der Waals surface area contributed by atoms with Crippen molar-refractivity contribution in [3.05, 3.63) is 33.9 Å². The minimum Gasteiger partial charge on any atom is -0.380 e. The van der Waals surface area contributed by atoms with Gasteiger partial charge in [0.1, 0.15) is 5.69 Å². The zero-order valence-electron chi connectivity index (χ0n) is 11.5. The Morgan fingerprint density at radius 2 is 2.40 bits per heavy atom. The number of para-hydroxylation sites is 1. The van der Waals surface area contributed by atoms with E-state index in [4.69, 9.17) is 10.6 Å². The third-order valence-electron chi connectivity index (χ3n) is 3.66. The van der Waals surface area contributed by atoms with Gasteiger partial charge in [-0.15, -0.1) is 0 Å². The smallest absolute Gasteiger partial charge is 0.293 e. The minimum absolute atomic E-state index is 0.00491. The summed E-state index contributed by atoms with van der Waals surface area (Å²) in [6, 6.07) is 5.00. The quantitative estimate of drug-likeness (QED) is 0.482. The average molecular weight is 280 g/mol. The highest BCUT2D eigenvalue weighted by Crippen LogP contribution is 2.29. The average Bonchev–Trinajstić information content (AvgIpc) is 2.47. The molecule has 1 fully saturated rings. The molecule has 0 radical (unpaired) electrons. The first kappa shape index (κ1) is 14.7. The molecule has 1 aliphatic heterocycles. The number of nitro benzene ring substituents is 1. The van der Waals surface area contributed by atoms with Crippen LogP contribution in [0.15, 0.2) is 18.2 Å². The predicted molar refractivity (Wildman–Crippen MR) is 76.2 cm³/mol. The summed E-state index contributed by atoms with van der Waals surface area (Å²) in [5.74, 6) is 5.45. The van der Waals surface area contributed by atoms with Gasteiger partial charge in [-0.1, -0.05) is 12.1 Å². The van der Waals surface area contributed by atoms with E-state index in [1.807, 2.05) is 6.07 Å². The van der Waals surface area contributed by atoms with Crippen molar-refractivity contribution in [2.75, 3.05) is 25.6 Å². The second-order valence-corrected chi connectivity index (χ2v) is 4.95. The number of likely N-dealkylation sites (tertiary alicyclic amines) is 1. The highest BCUT2D eigenvalue weighted by molar-refractivity contribution is 5.65. The Kier molecular flexibility index (Phi) is 4.89. The van der Waals surface area contributed by atoms with E-state index in [2.05, 4.69) is 10.3 Å². The summed E-state index contributed by atoms with van der Waals surface area (Å²) in [7, 11) is 1.72. The molecule has 20 heavy (non-hydrogen) atoms. The second-order valence-electron chi connectivity index (χ2n) is 4.95. The summed E-state index contributed by atoms with van der Waals surface area (Å²) in [4.78, 5) is 12.8. The number of nitrogens with one attached hydrogen (secondary N) is 1. The van der Waals surface area contributed by atoms with Gasteiger partial charge < -0.3 is 10.2 Å². The molecule has 0 bridgehead atoms. The summed E-state index contributed by atoms with van der Waals surface area (Å²) in [5.41, 5.74) is 3.68. The van der Waals surface area contributed by atoms with Gasteiger partial charge in [0.25, 0.3) is 5.69 Å². The SMILES string of the molecule is COC1CCCN(Cc2cccc([N+](=O)[O-])c2NN)C1. The zero-order chi connectivity index (χ0) is 14.5. The number of benzene rings is 1. The monoisotopic (exact) mass is 280 g/mol. The van der Waals surface area contributed by atoms with E-state index >= 15 is 0 Å². The highest BCUT2D eigenvalue weighted by Gasteiger charge is 2.22. The van der Waals surface area contributed by atoms with Crippen molar-refractivity contribution in [3.63, 3.8) is 0 Å². The van der Waals surface area contributed by atoms with Crippen molar-refractivity contribution in [2.24, 2.45) is 5.84 Å². The van der Waals surface area contributed by atoms with E-state index < -0.39 is 4.92 Å². The van der Waals surface area contributed by atoms with Gasteiger partial charge in [-0.3, -0.25) is 20.9 Å². The molecule has 7 nitrogen and oxygen atoms in total. The van der Waals surface area contributed by atoms with Crippen LogP contribution in [-0.4, -0.2) is 36.1 Å². The van der Waals surface area contributed by atoms with Gasteiger partial charge in [0.15, 0.2) is 0 Å². The molecule has 0 aromatic heterocycles. The van der Waals surface area contributed by atoms with E-state index in [0.29, 0.717) is 12.2 Å². The van der Waals surface area contributed by atoms with E-state index in [9.17, 15) is 10.1 Å². The number of rotatable bonds is 5. The summed E-state index contributed by atoms with van der Waals surface area (Å²) in [5, 5.41) is 11.0. The Morgan fingerprint density at radius 3 is 3.05 bits per heavy atom. The maximum Gasteiger partial charge on any atom is 0.293 e. The van der Waals surface area contributed by atoms with Gasteiger partial charge in [0.2, 0.25) is 0 Å². The molecule has 0 spiro atoms. The second kappa shape index (κ2) is 6.65. The summed E-state index contributed by atoms with van der Waals surface area (Å²) in [6.07, 6.45) is 2.36. The third-order valence-corrected chi connectivity index (χ3v) is 3.66. The lowest BCUT2D eigenvalue weighted by Crippen LogP contribution is -2.38.